The molecule has 2 N–H and O–H groups in total. The van der Waals surface area contributed by atoms with Gasteiger partial charge in [0.2, 0.25) is 0 Å². The van der Waals surface area contributed by atoms with E-state index >= 15 is 0 Å². The van der Waals surface area contributed by atoms with E-state index in [0.29, 0.717) is 30.4 Å². The molecule has 7 heteroatoms. The van der Waals surface area contributed by atoms with E-state index < -0.39 is 17.6 Å². The molecular weight excluding hydrogens is 346 g/mol. The zero-order valence-corrected chi connectivity index (χ0v) is 12.6. The van der Waals surface area contributed by atoms with Crippen molar-refractivity contribution in [1.29, 1.82) is 0 Å². The summed E-state index contributed by atoms with van der Waals surface area (Å²) in [5, 5.41) is 15.5. The standard InChI is InChI=1S/C14H12F2N2O2.BrH/c15-8-2-3-11(16)9(6-8)7-1-4-12-10(5-7)13(14(19)20)18-17-12;/h2-3,6-7H,1,4-5H2,(H,17,18)(H,19,20);1H. The Balaban J connectivity index is 0.00000161. The first-order valence-corrected chi connectivity index (χ1v) is 6.30. The predicted molar refractivity (Wildman–Crippen MR) is 77.0 cm³/mol. The third kappa shape index (κ3) is 2.83. The van der Waals surface area contributed by atoms with E-state index in [1.165, 1.54) is 6.07 Å². The molecule has 21 heavy (non-hydrogen) atoms. The maximum absolute atomic E-state index is 13.8. The van der Waals surface area contributed by atoms with Crippen molar-refractivity contribution in [1.82, 2.24) is 10.2 Å². The van der Waals surface area contributed by atoms with Crippen molar-refractivity contribution in [2.75, 3.05) is 0 Å². The molecule has 1 atom stereocenters. The number of aromatic amines is 1. The van der Waals surface area contributed by atoms with Crippen molar-refractivity contribution < 1.29 is 18.7 Å². The molecule has 0 radical (unpaired) electrons. The van der Waals surface area contributed by atoms with Gasteiger partial charge in [0.05, 0.1) is 0 Å². The highest BCUT2D eigenvalue weighted by Gasteiger charge is 2.28. The Morgan fingerprint density at radius 2 is 2.14 bits per heavy atom. The fraction of sp³-hybridized carbons (Fsp3) is 0.286. The van der Waals surface area contributed by atoms with Crippen LogP contribution < -0.4 is 0 Å². The number of carbonyl (C=O) groups is 1. The van der Waals surface area contributed by atoms with Gasteiger partial charge in [0.25, 0.3) is 0 Å². The number of carboxylic acids is 1. The molecule has 3 rings (SSSR count). The van der Waals surface area contributed by atoms with E-state index in [1.807, 2.05) is 0 Å². The fourth-order valence-electron chi connectivity index (χ4n) is 2.76. The molecule has 0 amide bonds. The van der Waals surface area contributed by atoms with Crippen LogP contribution in [0.5, 0.6) is 0 Å². The molecule has 0 bridgehead atoms. The van der Waals surface area contributed by atoms with Crippen LogP contribution in [0.2, 0.25) is 0 Å². The lowest BCUT2D eigenvalue weighted by Gasteiger charge is -2.22. The second-order valence-corrected chi connectivity index (χ2v) is 4.94. The molecule has 0 saturated heterocycles. The highest BCUT2D eigenvalue weighted by molar-refractivity contribution is 8.93. The third-order valence-corrected chi connectivity index (χ3v) is 3.75. The molecule has 1 unspecified atom stereocenters. The zero-order chi connectivity index (χ0) is 14.3. The molecular formula is C14H13BrF2N2O2. The highest BCUT2D eigenvalue weighted by Crippen LogP contribution is 2.34. The molecule has 0 saturated carbocycles. The van der Waals surface area contributed by atoms with Gasteiger partial charge >= 0.3 is 5.97 Å². The van der Waals surface area contributed by atoms with Crippen molar-refractivity contribution in [2.24, 2.45) is 0 Å². The molecule has 1 heterocycles. The Kier molecular flexibility index (Phi) is 4.41. The second kappa shape index (κ2) is 5.93. The highest BCUT2D eigenvalue weighted by atomic mass is 79.9. The largest absolute Gasteiger partial charge is 0.476 e. The molecule has 1 aromatic heterocycles. The van der Waals surface area contributed by atoms with Crippen molar-refractivity contribution in [2.45, 2.75) is 25.2 Å². The number of H-pyrrole nitrogens is 1. The number of rotatable bonds is 2. The average molecular weight is 359 g/mol. The molecule has 1 aliphatic rings. The molecule has 4 nitrogen and oxygen atoms in total. The number of aryl methyl sites for hydroxylation is 1. The first-order chi connectivity index (χ1) is 9.56. The quantitative estimate of drug-likeness (QED) is 0.865. The van der Waals surface area contributed by atoms with Gasteiger partial charge in [-0.1, -0.05) is 0 Å². The van der Waals surface area contributed by atoms with Gasteiger partial charge in [-0.15, -0.1) is 17.0 Å². The third-order valence-electron chi connectivity index (χ3n) is 3.75. The van der Waals surface area contributed by atoms with E-state index in [-0.39, 0.29) is 28.6 Å². The van der Waals surface area contributed by atoms with Crippen molar-refractivity contribution in [3.63, 3.8) is 0 Å². The lowest BCUT2D eigenvalue weighted by Crippen LogP contribution is -2.15. The van der Waals surface area contributed by atoms with E-state index in [0.717, 1.165) is 17.8 Å². The Morgan fingerprint density at radius 3 is 2.86 bits per heavy atom. The number of aromatic carboxylic acids is 1. The molecule has 2 aromatic rings. The molecule has 0 spiro atoms. The minimum atomic E-state index is -1.11. The number of halogens is 3. The Bertz CT molecular complexity index is 688. The van der Waals surface area contributed by atoms with Crippen LogP contribution in [0.3, 0.4) is 0 Å². The SMILES string of the molecule is Br.O=C(O)c1n[nH]c2c1CC(c1cc(F)ccc1F)CC2. The van der Waals surface area contributed by atoms with Gasteiger partial charge in [0.1, 0.15) is 11.6 Å². The van der Waals surface area contributed by atoms with Gasteiger partial charge in [-0.3, -0.25) is 5.10 Å². The summed E-state index contributed by atoms with van der Waals surface area (Å²) < 4.78 is 27.1. The number of aromatic nitrogens is 2. The molecule has 1 aliphatic carbocycles. The summed E-state index contributed by atoms with van der Waals surface area (Å²) in [7, 11) is 0. The summed E-state index contributed by atoms with van der Waals surface area (Å²) in [5.41, 5.74) is 1.64. The van der Waals surface area contributed by atoms with Crippen LogP contribution in [0.1, 0.15) is 39.6 Å². The van der Waals surface area contributed by atoms with Crippen LogP contribution in [0.4, 0.5) is 8.78 Å². The average Bonchev–Trinajstić information content (AvgIpc) is 2.84. The van der Waals surface area contributed by atoms with Crippen LogP contribution in [0, 0.1) is 11.6 Å². The summed E-state index contributed by atoms with van der Waals surface area (Å²) in [6.07, 6.45) is 1.57. The smallest absolute Gasteiger partial charge is 0.356 e. The molecule has 0 fully saturated rings. The number of nitrogens with zero attached hydrogens (tertiary/aromatic N) is 1. The fourth-order valence-corrected chi connectivity index (χ4v) is 2.76. The van der Waals surface area contributed by atoms with Crippen LogP contribution in [0.15, 0.2) is 18.2 Å². The second-order valence-electron chi connectivity index (χ2n) is 4.94. The first kappa shape index (κ1) is 15.6. The normalized spacial score (nSPS) is 17.0. The predicted octanol–water partition coefficient (Wildman–Crippen LogP) is 3.24. The van der Waals surface area contributed by atoms with Gasteiger partial charge in [-0.05, 0) is 48.9 Å². The number of fused-ring (bicyclic) bond motifs is 1. The number of carboxylic acid groups (broad SMARTS) is 1. The molecule has 0 aliphatic heterocycles. The Hall–Kier alpha value is -1.76. The van der Waals surface area contributed by atoms with Crippen LogP contribution in [-0.4, -0.2) is 21.3 Å². The maximum Gasteiger partial charge on any atom is 0.356 e. The van der Waals surface area contributed by atoms with E-state index in [2.05, 4.69) is 10.2 Å². The number of hydrogen-bond acceptors (Lipinski definition) is 2. The van der Waals surface area contributed by atoms with Gasteiger partial charge in [0, 0.05) is 11.3 Å². The minimum absolute atomic E-state index is 0. The van der Waals surface area contributed by atoms with Crippen molar-refractivity contribution in [3.05, 3.63) is 52.3 Å². The summed E-state index contributed by atoms with van der Waals surface area (Å²) >= 11 is 0. The summed E-state index contributed by atoms with van der Waals surface area (Å²) in [5.74, 6) is -2.28. The number of nitrogens with one attached hydrogen (secondary N) is 1. The van der Waals surface area contributed by atoms with Crippen LogP contribution >= 0.6 is 17.0 Å². The van der Waals surface area contributed by atoms with Crippen molar-refractivity contribution in [3.8, 4) is 0 Å². The minimum Gasteiger partial charge on any atom is -0.476 e. The number of benzene rings is 1. The van der Waals surface area contributed by atoms with Gasteiger partial charge in [-0.25, -0.2) is 13.6 Å². The molecule has 1 aromatic carbocycles. The Morgan fingerprint density at radius 1 is 1.38 bits per heavy atom. The monoisotopic (exact) mass is 358 g/mol. The topological polar surface area (TPSA) is 66.0 Å². The first-order valence-electron chi connectivity index (χ1n) is 6.30. The van der Waals surface area contributed by atoms with E-state index in [4.69, 9.17) is 5.11 Å². The van der Waals surface area contributed by atoms with Crippen LogP contribution in [-0.2, 0) is 12.8 Å². The summed E-state index contributed by atoms with van der Waals surface area (Å²) in [4.78, 5) is 11.1. The lowest BCUT2D eigenvalue weighted by molar-refractivity contribution is 0.0689. The lowest BCUT2D eigenvalue weighted by atomic mass is 9.82. The zero-order valence-electron chi connectivity index (χ0n) is 10.9. The summed E-state index contributed by atoms with van der Waals surface area (Å²) in [6.45, 7) is 0. The van der Waals surface area contributed by atoms with Gasteiger partial charge in [-0.2, -0.15) is 5.10 Å². The van der Waals surface area contributed by atoms with Crippen LogP contribution in [0.25, 0.3) is 0 Å². The van der Waals surface area contributed by atoms with Gasteiger partial charge < -0.3 is 5.11 Å². The Labute approximate surface area is 130 Å². The van der Waals surface area contributed by atoms with E-state index in [1.54, 1.807) is 0 Å². The van der Waals surface area contributed by atoms with E-state index in [9.17, 15) is 13.6 Å². The maximum atomic E-state index is 13.8. The number of hydrogen-bond donors (Lipinski definition) is 2. The summed E-state index contributed by atoms with van der Waals surface area (Å²) in [6, 6.07) is 3.37. The molecule has 112 valence electrons. The van der Waals surface area contributed by atoms with Crippen molar-refractivity contribution >= 4 is 23.0 Å². The van der Waals surface area contributed by atoms with Gasteiger partial charge in [0.15, 0.2) is 5.69 Å².